The Hall–Kier alpha value is -5.67. The SMILES string of the molecule is CCC(CCCN=C(N)N)C(=O)NC(Cc1ccccc1)C(=O)NC(Cc1ccccc1)C(=O)NC(CCCN=C(N)N)C(=O)NCCCCCC(=O)NC. The molecule has 0 spiro atoms. The van der Waals surface area contributed by atoms with Crippen LogP contribution in [0.5, 0.6) is 0 Å². The van der Waals surface area contributed by atoms with E-state index in [0.29, 0.717) is 58.0 Å². The van der Waals surface area contributed by atoms with Gasteiger partial charge in [0.1, 0.15) is 18.1 Å². The van der Waals surface area contributed by atoms with Crippen molar-refractivity contribution in [1.82, 2.24) is 26.6 Å². The van der Waals surface area contributed by atoms with Crippen LogP contribution in [0.25, 0.3) is 0 Å². The van der Waals surface area contributed by atoms with Gasteiger partial charge in [-0.15, -0.1) is 0 Å². The van der Waals surface area contributed by atoms with E-state index in [1.165, 1.54) is 0 Å². The van der Waals surface area contributed by atoms with Gasteiger partial charge in [0.2, 0.25) is 29.5 Å². The van der Waals surface area contributed by atoms with Gasteiger partial charge in [-0.2, -0.15) is 0 Å². The third kappa shape index (κ3) is 19.3. The van der Waals surface area contributed by atoms with Crippen molar-refractivity contribution >= 4 is 41.5 Å². The first-order valence-electron chi connectivity index (χ1n) is 19.0. The lowest BCUT2D eigenvalue weighted by atomic mass is 9.97. The highest BCUT2D eigenvalue weighted by Crippen LogP contribution is 2.14. The Bertz CT molecular complexity index is 1530. The quantitative estimate of drug-likeness (QED) is 0.0366. The summed E-state index contributed by atoms with van der Waals surface area (Å²) in [6.45, 7) is 2.88. The number of carbonyl (C=O) groups is 5. The number of nitrogens with one attached hydrogen (secondary N) is 5. The Kier molecular flexibility index (Phi) is 21.6. The summed E-state index contributed by atoms with van der Waals surface area (Å²) >= 11 is 0. The van der Waals surface area contributed by atoms with Crippen molar-refractivity contribution in [1.29, 1.82) is 0 Å². The van der Waals surface area contributed by atoms with Crippen molar-refractivity contribution in [3.63, 3.8) is 0 Å². The number of carbonyl (C=O) groups excluding carboxylic acids is 5. The molecule has 0 bridgehead atoms. The van der Waals surface area contributed by atoms with Crippen LogP contribution in [0.15, 0.2) is 70.6 Å². The second kappa shape index (κ2) is 26.2. The molecule has 0 aliphatic rings. The van der Waals surface area contributed by atoms with E-state index in [2.05, 4.69) is 36.6 Å². The van der Waals surface area contributed by atoms with Crippen molar-refractivity contribution in [2.45, 2.75) is 95.7 Å². The molecule has 4 unspecified atom stereocenters. The van der Waals surface area contributed by atoms with Crippen molar-refractivity contribution in [2.75, 3.05) is 26.7 Å². The first kappa shape index (κ1) is 45.5. The number of rotatable bonds is 26. The third-order valence-corrected chi connectivity index (χ3v) is 8.94. The highest BCUT2D eigenvalue weighted by molar-refractivity contribution is 5.94. The average molecular weight is 764 g/mol. The fraction of sp³-hybridized carbons (Fsp3) is 0.513. The van der Waals surface area contributed by atoms with Gasteiger partial charge < -0.3 is 49.5 Å². The van der Waals surface area contributed by atoms with Crippen LogP contribution in [0.4, 0.5) is 0 Å². The van der Waals surface area contributed by atoms with E-state index < -0.39 is 41.8 Å². The summed E-state index contributed by atoms with van der Waals surface area (Å²) in [5.74, 6) is -2.34. The van der Waals surface area contributed by atoms with Gasteiger partial charge in [-0.1, -0.05) is 74.0 Å². The van der Waals surface area contributed by atoms with Crippen LogP contribution in [0.3, 0.4) is 0 Å². The van der Waals surface area contributed by atoms with Crippen molar-refractivity contribution < 1.29 is 24.0 Å². The van der Waals surface area contributed by atoms with Gasteiger partial charge in [0.15, 0.2) is 11.9 Å². The number of hydrogen-bond acceptors (Lipinski definition) is 7. The molecule has 0 aliphatic heterocycles. The van der Waals surface area contributed by atoms with Crippen LogP contribution in [0.1, 0.15) is 75.8 Å². The Balaban J connectivity index is 2.29. The van der Waals surface area contributed by atoms with E-state index in [4.69, 9.17) is 22.9 Å². The number of nitrogens with zero attached hydrogens (tertiary/aromatic N) is 2. The summed E-state index contributed by atoms with van der Waals surface area (Å²) in [5, 5.41) is 14.2. The molecule has 13 N–H and O–H groups in total. The number of nitrogens with two attached hydrogens (primary N) is 4. The van der Waals surface area contributed by atoms with E-state index in [-0.39, 0.29) is 49.5 Å². The smallest absolute Gasteiger partial charge is 0.243 e. The second-order valence-electron chi connectivity index (χ2n) is 13.3. The maximum absolute atomic E-state index is 14.1. The molecule has 0 radical (unpaired) electrons. The Morgan fingerprint density at radius 3 is 1.58 bits per heavy atom. The molecule has 0 saturated heterocycles. The van der Waals surface area contributed by atoms with Gasteiger partial charge in [-0.3, -0.25) is 34.0 Å². The molecule has 0 aromatic heterocycles. The normalized spacial score (nSPS) is 12.8. The molecular formula is C39H61N11O5. The maximum Gasteiger partial charge on any atom is 0.243 e. The molecule has 2 aromatic rings. The van der Waals surface area contributed by atoms with Gasteiger partial charge >= 0.3 is 0 Å². The summed E-state index contributed by atoms with van der Waals surface area (Å²) in [5.41, 5.74) is 23.4. The van der Waals surface area contributed by atoms with E-state index >= 15 is 0 Å². The van der Waals surface area contributed by atoms with E-state index in [1.54, 1.807) is 7.05 Å². The minimum absolute atomic E-state index is 0.0185. The van der Waals surface area contributed by atoms with Gasteiger partial charge in [-0.25, -0.2) is 0 Å². The summed E-state index contributed by atoms with van der Waals surface area (Å²) in [7, 11) is 1.59. The number of benzene rings is 2. The molecule has 2 rings (SSSR count). The Morgan fingerprint density at radius 2 is 1.09 bits per heavy atom. The molecule has 2 aromatic carbocycles. The minimum atomic E-state index is -1.09. The Morgan fingerprint density at radius 1 is 0.600 bits per heavy atom. The summed E-state index contributed by atoms with van der Waals surface area (Å²) < 4.78 is 0. The topological polar surface area (TPSA) is 274 Å². The van der Waals surface area contributed by atoms with Crippen LogP contribution < -0.4 is 49.5 Å². The van der Waals surface area contributed by atoms with Crippen molar-refractivity contribution in [2.24, 2.45) is 38.8 Å². The molecule has 16 nitrogen and oxygen atoms in total. The highest BCUT2D eigenvalue weighted by atomic mass is 16.2. The van der Waals surface area contributed by atoms with E-state index in [1.807, 2.05) is 67.6 Å². The van der Waals surface area contributed by atoms with Crippen LogP contribution >= 0.6 is 0 Å². The molecule has 0 saturated carbocycles. The van der Waals surface area contributed by atoms with Gasteiger partial charge in [0.05, 0.1) is 0 Å². The zero-order valence-corrected chi connectivity index (χ0v) is 32.2. The number of unbranched alkanes of at least 4 members (excludes halogenated alkanes) is 2. The molecule has 16 heteroatoms. The number of guanidine groups is 2. The van der Waals surface area contributed by atoms with Crippen LogP contribution in [-0.2, 0) is 36.8 Å². The standard InChI is InChI=1S/C39H61N11O5/c1-3-29(19-13-23-46-38(40)41)34(52)49-31(25-27-15-7-4-8-16-27)37(55)50-32(26-28-17-9-5-10-18-28)36(54)48-30(20-14-24-47-39(42)43)35(53)45-22-12-6-11-21-33(51)44-2/h4-5,7-10,15-18,29-32H,3,6,11-14,19-26H2,1-2H3,(H,44,51)(H,45,53)(H,48,54)(H,49,52)(H,50,55)(H4,40,41,46)(H4,42,43,47). The molecular weight excluding hydrogens is 703 g/mol. The summed E-state index contributed by atoms with van der Waals surface area (Å²) in [6, 6.07) is 15.4. The molecule has 0 aliphatic carbocycles. The lowest BCUT2D eigenvalue weighted by Crippen LogP contribution is -2.58. The van der Waals surface area contributed by atoms with Crippen LogP contribution in [0.2, 0.25) is 0 Å². The average Bonchev–Trinajstić information content (AvgIpc) is 3.17. The van der Waals surface area contributed by atoms with Gasteiger partial charge in [0.25, 0.3) is 0 Å². The lowest BCUT2D eigenvalue weighted by molar-refractivity contribution is -0.134. The number of amides is 5. The first-order valence-corrected chi connectivity index (χ1v) is 19.0. The van der Waals surface area contributed by atoms with Crippen LogP contribution in [-0.4, -0.2) is 86.3 Å². The summed E-state index contributed by atoms with van der Waals surface area (Å²) in [6.07, 6.45) is 5.02. The van der Waals surface area contributed by atoms with Crippen LogP contribution in [0, 0.1) is 5.92 Å². The van der Waals surface area contributed by atoms with Crippen molar-refractivity contribution in [3.05, 3.63) is 71.8 Å². The highest BCUT2D eigenvalue weighted by Gasteiger charge is 2.31. The molecule has 5 amide bonds. The van der Waals surface area contributed by atoms with Crippen molar-refractivity contribution in [3.8, 4) is 0 Å². The van der Waals surface area contributed by atoms with Gasteiger partial charge in [-0.05, 0) is 56.1 Å². The predicted octanol–water partition coefficient (Wildman–Crippen LogP) is 0.482. The third-order valence-electron chi connectivity index (χ3n) is 8.94. The minimum Gasteiger partial charge on any atom is -0.370 e. The molecule has 4 atom stereocenters. The zero-order valence-electron chi connectivity index (χ0n) is 32.2. The number of hydrogen-bond donors (Lipinski definition) is 9. The molecule has 302 valence electrons. The number of aliphatic imine (C=N–C) groups is 2. The fourth-order valence-electron chi connectivity index (χ4n) is 5.84. The molecule has 0 heterocycles. The summed E-state index contributed by atoms with van der Waals surface area (Å²) in [4.78, 5) is 74.7. The Labute approximate surface area is 324 Å². The lowest BCUT2D eigenvalue weighted by Gasteiger charge is -2.26. The van der Waals surface area contributed by atoms with E-state index in [9.17, 15) is 24.0 Å². The largest absolute Gasteiger partial charge is 0.370 e. The molecule has 0 fully saturated rings. The van der Waals surface area contributed by atoms with E-state index in [0.717, 1.165) is 17.5 Å². The van der Waals surface area contributed by atoms with Gasteiger partial charge in [0, 0.05) is 51.9 Å². The maximum atomic E-state index is 14.1. The molecule has 55 heavy (non-hydrogen) atoms. The predicted molar refractivity (Wildman–Crippen MR) is 215 cm³/mol. The first-order chi connectivity index (χ1) is 26.4. The fourth-order valence-corrected chi connectivity index (χ4v) is 5.84. The second-order valence-corrected chi connectivity index (χ2v) is 13.3. The monoisotopic (exact) mass is 763 g/mol. The zero-order chi connectivity index (χ0) is 40.4.